The first kappa shape index (κ1) is 22.7. The second kappa shape index (κ2) is 13.8. The standard InChI is InChI=1S/C18H31N3O2S.HI/c1-3-19-18(20-8-5-9-23-16-7-10-22-14-16)21-13-15(2)12-17-6-4-11-24-17;/h4,6,11,15-16H,3,5,7-10,12-14H2,1-2H3,(H2,19,20,21);1H. The zero-order valence-corrected chi connectivity index (χ0v) is 18.5. The van der Waals surface area contributed by atoms with Crippen LogP contribution in [0.3, 0.4) is 0 Å². The van der Waals surface area contributed by atoms with E-state index in [2.05, 4.69) is 42.0 Å². The van der Waals surface area contributed by atoms with Crippen LogP contribution in [0, 0.1) is 5.92 Å². The molecule has 0 bridgehead atoms. The minimum absolute atomic E-state index is 0. The molecule has 2 unspecified atom stereocenters. The van der Waals surface area contributed by atoms with Crippen molar-refractivity contribution >= 4 is 41.3 Å². The Morgan fingerprint density at radius 1 is 1.48 bits per heavy atom. The van der Waals surface area contributed by atoms with E-state index in [-0.39, 0.29) is 24.0 Å². The predicted molar refractivity (Wildman–Crippen MR) is 116 cm³/mol. The summed E-state index contributed by atoms with van der Waals surface area (Å²) in [5.41, 5.74) is 0. The highest BCUT2D eigenvalue weighted by Gasteiger charge is 2.15. The van der Waals surface area contributed by atoms with Crippen molar-refractivity contribution in [3.8, 4) is 0 Å². The van der Waals surface area contributed by atoms with Gasteiger partial charge >= 0.3 is 0 Å². The molecule has 0 aromatic carbocycles. The molecule has 25 heavy (non-hydrogen) atoms. The Labute approximate surface area is 173 Å². The molecule has 0 saturated carbocycles. The average Bonchev–Trinajstić information content (AvgIpc) is 3.26. The molecule has 1 aromatic rings. The highest BCUT2D eigenvalue weighted by molar-refractivity contribution is 14.0. The minimum atomic E-state index is 0. The molecule has 1 aliphatic heterocycles. The normalized spacial score (nSPS) is 18.6. The summed E-state index contributed by atoms with van der Waals surface area (Å²) in [7, 11) is 0. The molecule has 1 fully saturated rings. The Bertz CT molecular complexity index is 465. The van der Waals surface area contributed by atoms with Crippen LogP contribution in [0.5, 0.6) is 0 Å². The monoisotopic (exact) mass is 481 g/mol. The van der Waals surface area contributed by atoms with Gasteiger partial charge in [-0.2, -0.15) is 0 Å². The van der Waals surface area contributed by atoms with E-state index in [1.807, 2.05) is 11.3 Å². The van der Waals surface area contributed by atoms with Gasteiger partial charge in [-0.3, -0.25) is 4.99 Å². The van der Waals surface area contributed by atoms with Gasteiger partial charge in [0.2, 0.25) is 0 Å². The number of halogens is 1. The van der Waals surface area contributed by atoms with Crippen LogP contribution in [-0.2, 0) is 15.9 Å². The summed E-state index contributed by atoms with van der Waals surface area (Å²) in [6.45, 7) is 9.29. The van der Waals surface area contributed by atoms with E-state index < -0.39 is 0 Å². The topological polar surface area (TPSA) is 54.9 Å². The van der Waals surface area contributed by atoms with E-state index in [0.717, 1.165) is 64.7 Å². The number of hydrogen-bond acceptors (Lipinski definition) is 4. The van der Waals surface area contributed by atoms with Gasteiger partial charge in [-0.05, 0) is 43.6 Å². The van der Waals surface area contributed by atoms with E-state index >= 15 is 0 Å². The second-order valence-electron chi connectivity index (χ2n) is 6.25. The maximum Gasteiger partial charge on any atom is 0.191 e. The van der Waals surface area contributed by atoms with Crippen molar-refractivity contribution in [1.82, 2.24) is 10.6 Å². The Balaban J connectivity index is 0.00000312. The Morgan fingerprint density at radius 2 is 2.36 bits per heavy atom. The van der Waals surface area contributed by atoms with Gasteiger partial charge in [0.25, 0.3) is 0 Å². The van der Waals surface area contributed by atoms with Crippen LogP contribution in [0.2, 0.25) is 0 Å². The summed E-state index contributed by atoms with van der Waals surface area (Å²) in [5, 5.41) is 8.84. The molecule has 144 valence electrons. The number of thiophene rings is 1. The number of aliphatic imine (C=N–C) groups is 1. The van der Waals surface area contributed by atoms with Crippen molar-refractivity contribution in [2.45, 2.75) is 39.2 Å². The number of ether oxygens (including phenoxy) is 2. The molecule has 2 heterocycles. The zero-order chi connectivity index (χ0) is 17.0. The zero-order valence-electron chi connectivity index (χ0n) is 15.3. The van der Waals surface area contributed by atoms with Crippen LogP contribution in [0.15, 0.2) is 22.5 Å². The number of guanidine groups is 1. The minimum Gasteiger partial charge on any atom is -0.379 e. The molecule has 5 nitrogen and oxygen atoms in total. The summed E-state index contributed by atoms with van der Waals surface area (Å²) in [6.07, 6.45) is 3.40. The number of hydrogen-bond donors (Lipinski definition) is 2. The van der Waals surface area contributed by atoms with E-state index in [0.29, 0.717) is 12.0 Å². The van der Waals surface area contributed by atoms with Gasteiger partial charge in [-0.15, -0.1) is 35.3 Å². The first-order chi connectivity index (χ1) is 11.8. The van der Waals surface area contributed by atoms with Crippen molar-refractivity contribution in [2.75, 3.05) is 39.5 Å². The lowest BCUT2D eigenvalue weighted by molar-refractivity contribution is 0.0420. The van der Waals surface area contributed by atoms with Gasteiger partial charge in [0.05, 0.1) is 12.7 Å². The Hall–Kier alpha value is -0.380. The first-order valence-electron chi connectivity index (χ1n) is 9.01. The van der Waals surface area contributed by atoms with Crippen molar-refractivity contribution in [1.29, 1.82) is 0 Å². The lowest BCUT2D eigenvalue weighted by atomic mass is 10.1. The molecule has 0 spiro atoms. The molecule has 2 N–H and O–H groups in total. The summed E-state index contributed by atoms with van der Waals surface area (Å²) >= 11 is 1.82. The van der Waals surface area contributed by atoms with Crippen molar-refractivity contribution in [3.63, 3.8) is 0 Å². The van der Waals surface area contributed by atoms with Gasteiger partial charge in [-0.25, -0.2) is 0 Å². The molecule has 1 saturated heterocycles. The van der Waals surface area contributed by atoms with E-state index in [4.69, 9.17) is 14.5 Å². The predicted octanol–water partition coefficient (Wildman–Crippen LogP) is 3.30. The van der Waals surface area contributed by atoms with E-state index in [1.54, 1.807) is 0 Å². The molecule has 1 aromatic heterocycles. The fraction of sp³-hybridized carbons (Fsp3) is 0.722. The highest BCUT2D eigenvalue weighted by Crippen LogP contribution is 2.14. The molecule has 2 rings (SSSR count). The summed E-state index contributed by atoms with van der Waals surface area (Å²) in [6, 6.07) is 4.31. The average molecular weight is 481 g/mol. The van der Waals surface area contributed by atoms with Crippen LogP contribution < -0.4 is 10.6 Å². The van der Waals surface area contributed by atoms with Gasteiger partial charge in [-0.1, -0.05) is 13.0 Å². The van der Waals surface area contributed by atoms with Gasteiger partial charge in [0.15, 0.2) is 5.96 Å². The highest BCUT2D eigenvalue weighted by atomic mass is 127. The Morgan fingerprint density at radius 3 is 3.04 bits per heavy atom. The molecular formula is C18H32IN3O2S. The number of rotatable bonds is 10. The van der Waals surface area contributed by atoms with Crippen molar-refractivity contribution in [3.05, 3.63) is 22.4 Å². The quantitative estimate of drug-likeness (QED) is 0.233. The third-order valence-corrected chi connectivity index (χ3v) is 4.79. The SMILES string of the molecule is CCNC(=NCC(C)Cc1cccs1)NCCCOC1CCOC1.I. The third-order valence-electron chi connectivity index (χ3n) is 3.89. The summed E-state index contributed by atoms with van der Waals surface area (Å²) in [5.74, 6) is 1.45. The largest absolute Gasteiger partial charge is 0.379 e. The van der Waals surface area contributed by atoms with Crippen LogP contribution in [-0.4, -0.2) is 51.5 Å². The van der Waals surface area contributed by atoms with Crippen LogP contribution in [0.4, 0.5) is 0 Å². The smallest absolute Gasteiger partial charge is 0.191 e. The molecular weight excluding hydrogens is 449 g/mol. The fourth-order valence-electron chi connectivity index (χ4n) is 2.60. The second-order valence-corrected chi connectivity index (χ2v) is 7.28. The lowest BCUT2D eigenvalue weighted by Gasteiger charge is -2.14. The van der Waals surface area contributed by atoms with Crippen LogP contribution in [0.1, 0.15) is 31.6 Å². The van der Waals surface area contributed by atoms with Gasteiger partial charge < -0.3 is 20.1 Å². The maximum absolute atomic E-state index is 5.78. The third kappa shape index (κ3) is 9.77. The molecule has 1 aliphatic rings. The molecule has 0 amide bonds. The molecule has 0 aliphatic carbocycles. The maximum atomic E-state index is 5.78. The van der Waals surface area contributed by atoms with Gasteiger partial charge in [0.1, 0.15) is 0 Å². The number of nitrogens with zero attached hydrogens (tertiary/aromatic N) is 1. The van der Waals surface area contributed by atoms with E-state index in [9.17, 15) is 0 Å². The first-order valence-corrected chi connectivity index (χ1v) is 9.89. The van der Waals surface area contributed by atoms with Gasteiger partial charge in [0, 0.05) is 37.7 Å². The van der Waals surface area contributed by atoms with Crippen molar-refractivity contribution in [2.24, 2.45) is 10.9 Å². The van der Waals surface area contributed by atoms with Crippen LogP contribution >= 0.6 is 35.3 Å². The van der Waals surface area contributed by atoms with Crippen LogP contribution in [0.25, 0.3) is 0 Å². The lowest BCUT2D eigenvalue weighted by Crippen LogP contribution is -2.38. The molecule has 2 atom stereocenters. The Kier molecular flexibility index (Phi) is 12.5. The van der Waals surface area contributed by atoms with Crippen molar-refractivity contribution < 1.29 is 9.47 Å². The number of nitrogens with one attached hydrogen (secondary N) is 2. The summed E-state index contributed by atoms with van der Waals surface area (Å²) in [4.78, 5) is 6.14. The van der Waals surface area contributed by atoms with E-state index in [1.165, 1.54) is 4.88 Å². The fourth-order valence-corrected chi connectivity index (χ4v) is 3.47. The molecule has 0 radical (unpaired) electrons. The summed E-state index contributed by atoms with van der Waals surface area (Å²) < 4.78 is 11.1. The molecule has 7 heteroatoms.